The van der Waals surface area contributed by atoms with Crippen LogP contribution in [0.15, 0.2) is 12.1 Å². The van der Waals surface area contributed by atoms with Gasteiger partial charge in [0.2, 0.25) is 0 Å². The zero-order valence-corrected chi connectivity index (χ0v) is 24.0. The third kappa shape index (κ3) is 9.19. The van der Waals surface area contributed by atoms with Crippen molar-refractivity contribution < 1.29 is 14.3 Å². The van der Waals surface area contributed by atoms with Crippen LogP contribution in [-0.4, -0.2) is 47.0 Å². The van der Waals surface area contributed by atoms with E-state index in [1.807, 2.05) is 26.8 Å². The third-order valence-corrected chi connectivity index (χ3v) is 21.5. The Labute approximate surface area is 194 Å². The van der Waals surface area contributed by atoms with Gasteiger partial charge in [-0.05, 0) is 0 Å². The summed E-state index contributed by atoms with van der Waals surface area (Å²) in [6.45, 7) is 15.2. The molecule has 0 aliphatic carbocycles. The van der Waals surface area contributed by atoms with Crippen molar-refractivity contribution in [1.82, 2.24) is 9.88 Å². The second kappa shape index (κ2) is 13.5. The summed E-state index contributed by atoms with van der Waals surface area (Å²) in [5.74, 6) is 0.102. The maximum absolute atomic E-state index is 12.4. The molecule has 0 aliphatic heterocycles. The van der Waals surface area contributed by atoms with Crippen LogP contribution in [0.2, 0.25) is 13.3 Å². The van der Waals surface area contributed by atoms with Gasteiger partial charge in [0.1, 0.15) is 0 Å². The number of carbonyl (C=O) groups is 2. The number of carbonyl (C=O) groups excluding carboxylic acids is 2. The minimum absolute atomic E-state index is 0.102. The number of ether oxygens (including phenoxy) is 1. The van der Waals surface area contributed by atoms with Crippen LogP contribution in [0.4, 0.5) is 4.79 Å². The summed E-state index contributed by atoms with van der Waals surface area (Å²) in [4.78, 5) is 24.5. The first-order valence-corrected chi connectivity index (χ1v) is 19.8. The molecule has 0 aromatic carbocycles. The van der Waals surface area contributed by atoms with E-state index in [2.05, 4.69) is 36.7 Å². The number of hydrogen-bond donors (Lipinski definition) is 1. The fraction of sp³-hybridized carbons (Fsp3) is 0.760. The summed E-state index contributed by atoms with van der Waals surface area (Å²) in [5, 5.41) is 2.88. The first-order chi connectivity index (χ1) is 14.6. The van der Waals surface area contributed by atoms with Crippen molar-refractivity contribution in [3.8, 4) is 0 Å². The van der Waals surface area contributed by atoms with Crippen LogP contribution < -0.4 is 9.03 Å². The molecule has 1 aromatic heterocycles. The maximum atomic E-state index is 12.4. The standard InChI is InChI=1S/C13H19N2O3.3C4H9.Sn/c1-10(16)11-6-5-8-15(11)9-7-14-12(17)18-13(2,3)4;3*1-3-4-2;/h5-6H,7,9H2,1-4H3,(H,14,17);3*1,3-4H2,2H3;. The van der Waals surface area contributed by atoms with Crippen molar-refractivity contribution >= 4 is 34.0 Å². The van der Waals surface area contributed by atoms with Gasteiger partial charge in [-0.1, -0.05) is 0 Å². The molecule has 1 heterocycles. The molecule has 0 fully saturated rings. The van der Waals surface area contributed by atoms with Crippen molar-refractivity contribution in [3.05, 3.63) is 17.8 Å². The predicted molar refractivity (Wildman–Crippen MR) is 133 cm³/mol. The molecular formula is C25H46N2O3Sn. The van der Waals surface area contributed by atoms with Crippen LogP contribution in [-0.2, 0) is 11.3 Å². The molecule has 0 saturated carbocycles. The van der Waals surface area contributed by atoms with Crippen LogP contribution in [0, 0.1) is 0 Å². The zero-order chi connectivity index (χ0) is 23.5. The number of rotatable bonds is 14. The third-order valence-electron chi connectivity index (χ3n) is 5.92. The van der Waals surface area contributed by atoms with Gasteiger partial charge < -0.3 is 0 Å². The first-order valence-electron chi connectivity index (χ1n) is 12.3. The van der Waals surface area contributed by atoms with Gasteiger partial charge in [-0.2, -0.15) is 0 Å². The first kappa shape index (κ1) is 28.1. The molecular weight excluding hydrogens is 495 g/mol. The Morgan fingerprint density at radius 3 is 1.90 bits per heavy atom. The summed E-state index contributed by atoms with van der Waals surface area (Å²) in [5.41, 5.74) is 0.269. The summed E-state index contributed by atoms with van der Waals surface area (Å²) in [6, 6.07) is 4.29. The van der Waals surface area contributed by atoms with E-state index in [4.69, 9.17) is 4.74 Å². The van der Waals surface area contributed by atoms with E-state index >= 15 is 0 Å². The van der Waals surface area contributed by atoms with Gasteiger partial charge in [-0.15, -0.1) is 0 Å². The van der Waals surface area contributed by atoms with E-state index in [9.17, 15) is 9.59 Å². The van der Waals surface area contributed by atoms with Crippen LogP contribution in [0.1, 0.15) is 97.5 Å². The number of alkyl carbamates (subject to hydrolysis) is 1. The Morgan fingerprint density at radius 2 is 1.48 bits per heavy atom. The molecule has 1 aromatic rings. The van der Waals surface area contributed by atoms with E-state index in [-0.39, 0.29) is 5.78 Å². The molecule has 0 aliphatic rings. The van der Waals surface area contributed by atoms with Crippen LogP contribution in [0.3, 0.4) is 0 Å². The van der Waals surface area contributed by atoms with E-state index < -0.39 is 30.1 Å². The monoisotopic (exact) mass is 542 g/mol. The molecule has 1 amide bonds. The minimum atomic E-state index is -2.69. The molecule has 1 rings (SSSR count). The van der Waals surface area contributed by atoms with Crippen molar-refractivity contribution in [1.29, 1.82) is 0 Å². The van der Waals surface area contributed by atoms with Gasteiger partial charge in [0.25, 0.3) is 0 Å². The molecule has 0 spiro atoms. The van der Waals surface area contributed by atoms with E-state index in [1.54, 1.807) is 6.92 Å². The number of nitrogens with zero attached hydrogens (tertiary/aromatic N) is 1. The SMILES string of the molecule is CCC[CH2][Sn]([CH2]CCC)([CH2]CCC)[c]1ccc(C(C)=O)n1CCNC(=O)OC(C)(C)C. The van der Waals surface area contributed by atoms with Crippen LogP contribution in [0.5, 0.6) is 0 Å². The van der Waals surface area contributed by atoms with Crippen molar-refractivity contribution in [2.75, 3.05) is 6.54 Å². The Kier molecular flexibility index (Phi) is 12.3. The van der Waals surface area contributed by atoms with Crippen molar-refractivity contribution in [2.24, 2.45) is 0 Å². The van der Waals surface area contributed by atoms with Gasteiger partial charge in [0, 0.05) is 0 Å². The van der Waals surface area contributed by atoms with Gasteiger partial charge in [-0.25, -0.2) is 0 Å². The van der Waals surface area contributed by atoms with Gasteiger partial charge in [0.15, 0.2) is 0 Å². The molecule has 0 radical (unpaired) electrons. The molecule has 178 valence electrons. The number of Topliss-reactive ketones (excluding diaryl/α,β-unsaturated/α-hetero) is 1. The summed E-state index contributed by atoms with van der Waals surface area (Å²) < 4.78 is 13.2. The molecule has 0 bridgehead atoms. The molecule has 0 unspecified atom stereocenters. The van der Waals surface area contributed by atoms with Crippen LogP contribution >= 0.6 is 0 Å². The van der Waals surface area contributed by atoms with Crippen molar-refractivity contribution in [3.63, 3.8) is 0 Å². The summed E-state index contributed by atoms with van der Waals surface area (Å²) >= 11 is -2.69. The Morgan fingerprint density at radius 1 is 0.968 bits per heavy atom. The predicted octanol–water partition coefficient (Wildman–Crippen LogP) is 6.27. The molecule has 0 atom stereocenters. The van der Waals surface area contributed by atoms with Gasteiger partial charge >= 0.3 is 195 Å². The van der Waals surface area contributed by atoms with E-state index in [0.717, 1.165) is 5.69 Å². The second-order valence-electron chi connectivity index (χ2n) is 9.83. The number of nitrogens with one attached hydrogen (secondary N) is 1. The molecule has 0 saturated heterocycles. The van der Waals surface area contributed by atoms with E-state index in [0.29, 0.717) is 13.1 Å². The van der Waals surface area contributed by atoms with Gasteiger partial charge in [-0.3, -0.25) is 0 Å². The number of ketones is 1. The molecule has 1 N–H and O–H groups in total. The average molecular weight is 541 g/mol. The van der Waals surface area contributed by atoms with E-state index in [1.165, 1.54) is 55.5 Å². The number of aromatic nitrogens is 1. The number of amides is 1. The van der Waals surface area contributed by atoms with Crippen LogP contribution in [0.25, 0.3) is 0 Å². The Balaban J connectivity index is 3.22. The second-order valence-corrected chi connectivity index (χ2v) is 22.9. The fourth-order valence-electron chi connectivity index (χ4n) is 4.37. The molecule has 5 nitrogen and oxygen atoms in total. The number of unbranched alkanes of at least 4 members (excludes halogenated alkanes) is 3. The summed E-state index contributed by atoms with van der Waals surface area (Å²) in [6.07, 6.45) is 7.09. The Hall–Kier alpha value is -0.981. The average Bonchev–Trinajstić information content (AvgIpc) is 3.11. The molecule has 6 heteroatoms. The fourth-order valence-corrected chi connectivity index (χ4v) is 21.1. The topological polar surface area (TPSA) is 60.3 Å². The summed E-state index contributed by atoms with van der Waals surface area (Å²) in [7, 11) is 0. The Bertz CT molecular complexity index is 670. The van der Waals surface area contributed by atoms with Crippen molar-refractivity contribution in [2.45, 2.75) is 112 Å². The zero-order valence-electron chi connectivity index (χ0n) is 21.1. The quantitative estimate of drug-likeness (QED) is 0.223. The normalized spacial score (nSPS) is 12.1. The number of hydrogen-bond acceptors (Lipinski definition) is 3. The van der Waals surface area contributed by atoms with Gasteiger partial charge in [0.05, 0.1) is 0 Å². The molecule has 31 heavy (non-hydrogen) atoms.